The van der Waals surface area contributed by atoms with E-state index in [2.05, 4.69) is 5.32 Å². The van der Waals surface area contributed by atoms with Crippen molar-refractivity contribution in [3.63, 3.8) is 0 Å². The molecular weight excluding hydrogens is 280 g/mol. The van der Waals surface area contributed by atoms with Crippen molar-refractivity contribution in [1.82, 2.24) is 0 Å². The molecule has 0 saturated carbocycles. The van der Waals surface area contributed by atoms with Crippen molar-refractivity contribution in [2.45, 2.75) is 4.90 Å². The first-order valence-electron chi connectivity index (χ1n) is 4.76. The second-order valence-corrected chi connectivity index (χ2v) is 6.88. The fourth-order valence-electron chi connectivity index (χ4n) is 1.21. The minimum Gasteiger partial charge on any atom is -0.397 e. The van der Waals surface area contributed by atoms with E-state index in [0.29, 0.717) is 5.69 Å². The molecule has 18 heavy (non-hydrogen) atoms. The van der Waals surface area contributed by atoms with Crippen molar-refractivity contribution in [1.29, 1.82) is 0 Å². The van der Waals surface area contributed by atoms with Gasteiger partial charge in [-0.1, -0.05) is 0 Å². The van der Waals surface area contributed by atoms with Crippen LogP contribution in [0.5, 0.6) is 0 Å². The maximum atomic E-state index is 11.0. The van der Waals surface area contributed by atoms with Gasteiger partial charge in [-0.05, 0) is 18.2 Å². The van der Waals surface area contributed by atoms with E-state index in [0.717, 1.165) is 0 Å². The summed E-state index contributed by atoms with van der Waals surface area (Å²) in [5.74, 6) is -0.261. The van der Waals surface area contributed by atoms with Crippen LogP contribution in [0.15, 0.2) is 23.1 Å². The lowest BCUT2D eigenvalue weighted by Crippen LogP contribution is -2.22. The van der Waals surface area contributed by atoms with Gasteiger partial charge in [-0.3, -0.25) is 0 Å². The highest BCUT2D eigenvalue weighted by atomic mass is 32.2. The summed E-state index contributed by atoms with van der Waals surface area (Å²) < 4.78 is 43.5. The molecule has 0 aromatic heterocycles. The SMILES string of the molecule is Nc1cc(S(N)(=O)=O)ccc1NCCS(N)(=O)=O. The van der Waals surface area contributed by atoms with Crippen molar-refractivity contribution < 1.29 is 16.8 Å². The van der Waals surface area contributed by atoms with Gasteiger partial charge < -0.3 is 11.1 Å². The maximum absolute atomic E-state index is 11.0. The number of hydrogen-bond acceptors (Lipinski definition) is 6. The monoisotopic (exact) mass is 294 g/mol. The zero-order valence-corrected chi connectivity index (χ0v) is 11.0. The average Bonchev–Trinajstić information content (AvgIpc) is 2.17. The Morgan fingerprint density at radius 1 is 1.11 bits per heavy atom. The second-order valence-electron chi connectivity index (χ2n) is 3.59. The number of sulfonamides is 2. The lowest BCUT2D eigenvalue weighted by molar-refractivity contribution is 0.596. The number of nitrogens with two attached hydrogens (primary N) is 3. The highest BCUT2D eigenvalue weighted by Crippen LogP contribution is 2.21. The molecule has 0 spiro atoms. The Bertz CT molecular complexity index is 639. The van der Waals surface area contributed by atoms with Crippen LogP contribution in [0.3, 0.4) is 0 Å². The smallest absolute Gasteiger partial charge is 0.238 e. The van der Waals surface area contributed by atoms with Crippen LogP contribution in [0.1, 0.15) is 0 Å². The summed E-state index contributed by atoms with van der Waals surface area (Å²) in [5, 5.41) is 12.5. The summed E-state index contributed by atoms with van der Waals surface area (Å²) in [7, 11) is -7.37. The van der Waals surface area contributed by atoms with Gasteiger partial charge in [0.25, 0.3) is 0 Å². The molecule has 8 nitrogen and oxygen atoms in total. The molecule has 0 fully saturated rings. The van der Waals surface area contributed by atoms with Gasteiger partial charge in [0.05, 0.1) is 22.0 Å². The minimum absolute atomic E-state index is 0.0672. The quantitative estimate of drug-likeness (QED) is 0.490. The predicted octanol–water partition coefficient (Wildman–Crippen LogP) is -1.38. The van der Waals surface area contributed by atoms with Gasteiger partial charge in [-0.15, -0.1) is 0 Å². The molecule has 0 unspecified atom stereocenters. The zero-order chi connectivity index (χ0) is 14.0. The summed E-state index contributed by atoms with van der Waals surface area (Å²) in [6.07, 6.45) is 0. The van der Waals surface area contributed by atoms with Crippen molar-refractivity contribution in [3.05, 3.63) is 18.2 Å². The summed E-state index contributed by atoms with van der Waals surface area (Å²) in [4.78, 5) is -0.114. The van der Waals surface area contributed by atoms with Gasteiger partial charge in [0, 0.05) is 6.54 Å². The van der Waals surface area contributed by atoms with E-state index in [1.807, 2.05) is 0 Å². The Labute approximate surface area is 105 Å². The van der Waals surface area contributed by atoms with Crippen LogP contribution in [0, 0.1) is 0 Å². The summed E-state index contributed by atoms with van der Waals surface area (Å²) in [5.41, 5.74) is 6.16. The van der Waals surface area contributed by atoms with Gasteiger partial charge in [0.15, 0.2) is 0 Å². The number of nitrogen functional groups attached to an aromatic ring is 1. The van der Waals surface area contributed by atoms with Crippen LogP contribution in [0.4, 0.5) is 11.4 Å². The van der Waals surface area contributed by atoms with E-state index in [1.54, 1.807) is 0 Å². The van der Waals surface area contributed by atoms with Crippen molar-refractivity contribution in [2.24, 2.45) is 10.3 Å². The number of rotatable bonds is 5. The van der Waals surface area contributed by atoms with E-state index in [9.17, 15) is 16.8 Å². The fourth-order valence-corrected chi connectivity index (χ4v) is 2.14. The molecule has 102 valence electrons. The maximum Gasteiger partial charge on any atom is 0.238 e. The summed E-state index contributed by atoms with van der Waals surface area (Å²) in [6, 6.07) is 3.86. The van der Waals surface area contributed by atoms with Crippen LogP contribution in [0.25, 0.3) is 0 Å². The Kier molecular flexibility index (Phi) is 4.16. The Morgan fingerprint density at radius 3 is 2.17 bits per heavy atom. The third-order valence-corrected chi connectivity index (χ3v) is 3.74. The largest absolute Gasteiger partial charge is 0.397 e. The van der Waals surface area contributed by atoms with Crippen LogP contribution < -0.4 is 21.3 Å². The first-order valence-corrected chi connectivity index (χ1v) is 8.02. The molecule has 0 aliphatic rings. The number of hydrogen-bond donors (Lipinski definition) is 4. The zero-order valence-electron chi connectivity index (χ0n) is 9.33. The van der Waals surface area contributed by atoms with Gasteiger partial charge in [0.2, 0.25) is 20.0 Å². The molecule has 0 atom stereocenters. The normalized spacial score (nSPS) is 12.3. The first kappa shape index (κ1) is 14.7. The summed E-state index contributed by atoms with van der Waals surface area (Å²) >= 11 is 0. The average molecular weight is 294 g/mol. The van der Waals surface area contributed by atoms with Gasteiger partial charge >= 0.3 is 0 Å². The van der Waals surface area contributed by atoms with Crippen molar-refractivity contribution in [2.75, 3.05) is 23.3 Å². The predicted molar refractivity (Wildman–Crippen MR) is 68.7 cm³/mol. The highest BCUT2D eigenvalue weighted by Gasteiger charge is 2.10. The molecule has 0 amide bonds. The molecule has 0 saturated heterocycles. The summed E-state index contributed by atoms with van der Waals surface area (Å²) in [6.45, 7) is 0.0672. The van der Waals surface area contributed by atoms with E-state index < -0.39 is 20.0 Å². The van der Waals surface area contributed by atoms with Gasteiger partial charge in [0.1, 0.15) is 0 Å². The number of benzene rings is 1. The lowest BCUT2D eigenvalue weighted by Gasteiger charge is -2.09. The van der Waals surface area contributed by atoms with Crippen LogP contribution in [-0.4, -0.2) is 29.1 Å². The molecule has 0 bridgehead atoms. The lowest BCUT2D eigenvalue weighted by atomic mass is 10.2. The van der Waals surface area contributed by atoms with Gasteiger partial charge in [-0.25, -0.2) is 27.1 Å². The minimum atomic E-state index is -3.81. The second kappa shape index (κ2) is 5.10. The van der Waals surface area contributed by atoms with Crippen molar-refractivity contribution >= 4 is 31.4 Å². The molecule has 1 aromatic rings. The topological polar surface area (TPSA) is 158 Å². The van der Waals surface area contributed by atoms with E-state index >= 15 is 0 Å². The van der Waals surface area contributed by atoms with Gasteiger partial charge in [-0.2, -0.15) is 0 Å². The Morgan fingerprint density at radius 2 is 1.72 bits per heavy atom. The standard InChI is InChI=1S/C8H14N4O4S2/c9-7-5-6(18(11,15)16)1-2-8(7)12-3-4-17(10,13)14/h1-2,5,12H,3-4,9H2,(H2,10,13,14)(H2,11,15,16). The number of primary sulfonamides is 2. The first-order chi connectivity index (χ1) is 8.09. The fraction of sp³-hybridized carbons (Fsp3) is 0.250. The van der Waals surface area contributed by atoms with Crippen LogP contribution >= 0.6 is 0 Å². The highest BCUT2D eigenvalue weighted by molar-refractivity contribution is 7.89. The third kappa shape index (κ3) is 4.49. The molecule has 10 heteroatoms. The number of nitrogens with one attached hydrogen (secondary N) is 1. The molecule has 0 heterocycles. The molecule has 1 aromatic carbocycles. The molecular formula is C8H14N4O4S2. The molecule has 1 rings (SSSR count). The van der Waals surface area contributed by atoms with E-state index in [4.69, 9.17) is 16.0 Å². The van der Waals surface area contributed by atoms with E-state index in [1.165, 1.54) is 18.2 Å². The van der Waals surface area contributed by atoms with Crippen LogP contribution in [-0.2, 0) is 20.0 Å². The van der Waals surface area contributed by atoms with Crippen molar-refractivity contribution in [3.8, 4) is 0 Å². The van der Waals surface area contributed by atoms with Crippen LogP contribution in [0.2, 0.25) is 0 Å². The Balaban J connectivity index is 2.81. The third-order valence-electron chi connectivity index (χ3n) is 2.05. The number of anilines is 2. The molecule has 0 aliphatic heterocycles. The Hall–Kier alpha value is -1.36. The molecule has 7 N–H and O–H groups in total. The van der Waals surface area contributed by atoms with E-state index in [-0.39, 0.29) is 22.9 Å². The molecule has 0 aliphatic carbocycles. The molecule has 0 radical (unpaired) electrons.